The molecule has 1 aromatic rings. The Morgan fingerprint density at radius 3 is 3.21 bits per heavy atom. The summed E-state index contributed by atoms with van der Waals surface area (Å²) < 4.78 is 0. The van der Waals surface area contributed by atoms with Crippen LogP contribution >= 0.6 is 11.6 Å². The summed E-state index contributed by atoms with van der Waals surface area (Å²) in [6.07, 6.45) is 5.57. The van der Waals surface area contributed by atoms with Crippen molar-refractivity contribution in [3.63, 3.8) is 0 Å². The number of aryl methyl sites for hydroxylation is 1. The van der Waals surface area contributed by atoms with Crippen LogP contribution in [0.4, 0.5) is 5.69 Å². The maximum absolute atomic E-state index is 11.9. The third-order valence-electron chi connectivity index (χ3n) is 3.43. The third-order valence-corrected chi connectivity index (χ3v) is 3.73. The number of piperidine rings is 1. The molecule has 2 heterocycles. The number of aromatic nitrogens is 1. The smallest absolute Gasteiger partial charge is 0.224 e. The zero-order chi connectivity index (χ0) is 13.7. The fraction of sp³-hybridized carbons (Fsp3) is 0.571. The lowest BCUT2D eigenvalue weighted by atomic mass is 9.94. The highest BCUT2D eigenvalue weighted by atomic mass is 35.5. The average molecular weight is 282 g/mol. The van der Waals surface area contributed by atoms with Crippen LogP contribution in [0, 0.1) is 12.8 Å². The first kappa shape index (κ1) is 14.3. The van der Waals surface area contributed by atoms with Gasteiger partial charge in [-0.2, -0.15) is 0 Å². The van der Waals surface area contributed by atoms with Gasteiger partial charge in [-0.3, -0.25) is 4.79 Å². The van der Waals surface area contributed by atoms with Gasteiger partial charge in [-0.1, -0.05) is 11.6 Å². The number of carbonyl (C=O) groups is 1. The molecule has 2 rings (SSSR count). The van der Waals surface area contributed by atoms with Crippen molar-refractivity contribution in [3.05, 3.63) is 23.0 Å². The largest absolute Gasteiger partial charge is 0.323 e. The molecule has 5 heteroatoms. The van der Waals surface area contributed by atoms with Crippen LogP contribution in [0.1, 0.15) is 31.2 Å². The van der Waals surface area contributed by atoms with Crippen molar-refractivity contribution in [2.75, 3.05) is 18.4 Å². The number of hydrogen-bond acceptors (Lipinski definition) is 3. The lowest BCUT2D eigenvalue weighted by molar-refractivity contribution is -0.116. The molecule has 1 aromatic heterocycles. The third kappa shape index (κ3) is 4.48. The maximum atomic E-state index is 11.9. The molecule has 0 bridgehead atoms. The minimum absolute atomic E-state index is 0.0138. The van der Waals surface area contributed by atoms with Crippen molar-refractivity contribution >= 4 is 23.2 Å². The van der Waals surface area contributed by atoms with Crippen LogP contribution in [0.2, 0.25) is 5.15 Å². The van der Waals surface area contributed by atoms with Crippen LogP contribution in [0.5, 0.6) is 0 Å². The van der Waals surface area contributed by atoms with E-state index in [1.165, 1.54) is 12.8 Å². The van der Waals surface area contributed by atoms with Gasteiger partial charge in [0.2, 0.25) is 5.91 Å². The fourth-order valence-corrected chi connectivity index (χ4v) is 2.51. The van der Waals surface area contributed by atoms with E-state index in [2.05, 4.69) is 15.6 Å². The molecule has 1 aliphatic rings. The summed E-state index contributed by atoms with van der Waals surface area (Å²) in [7, 11) is 0. The number of anilines is 1. The highest BCUT2D eigenvalue weighted by molar-refractivity contribution is 6.32. The topological polar surface area (TPSA) is 54.0 Å². The Morgan fingerprint density at radius 1 is 1.63 bits per heavy atom. The van der Waals surface area contributed by atoms with Crippen LogP contribution in [-0.2, 0) is 4.79 Å². The number of rotatable bonds is 4. The minimum atomic E-state index is 0.0138. The van der Waals surface area contributed by atoms with Gasteiger partial charge >= 0.3 is 0 Å². The van der Waals surface area contributed by atoms with Gasteiger partial charge in [0.15, 0.2) is 5.15 Å². The molecule has 1 unspecified atom stereocenters. The SMILES string of the molecule is Cc1cnc(Cl)c(NC(=O)CCC2CCCNC2)c1. The first-order valence-electron chi connectivity index (χ1n) is 6.78. The van der Waals surface area contributed by atoms with Crippen molar-refractivity contribution in [3.8, 4) is 0 Å². The molecule has 0 saturated carbocycles. The number of carbonyl (C=O) groups excluding carboxylic acids is 1. The fourth-order valence-electron chi connectivity index (χ4n) is 2.36. The molecule has 1 saturated heterocycles. The Bertz CT molecular complexity index is 444. The van der Waals surface area contributed by atoms with Crippen LogP contribution < -0.4 is 10.6 Å². The molecule has 1 atom stereocenters. The Morgan fingerprint density at radius 2 is 2.47 bits per heavy atom. The average Bonchev–Trinajstić information content (AvgIpc) is 2.42. The summed E-state index contributed by atoms with van der Waals surface area (Å²) in [6.45, 7) is 4.06. The lowest BCUT2D eigenvalue weighted by Gasteiger charge is -2.22. The molecule has 0 aromatic carbocycles. The van der Waals surface area contributed by atoms with Gasteiger partial charge in [0.1, 0.15) is 0 Å². The van der Waals surface area contributed by atoms with Crippen molar-refractivity contribution in [2.24, 2.45) is 5.92 Å². The van der Waals surface area contributed by atoms with E-state index in [-0.39, 0.29) is 5.91 Å². The molecule has 1 amide bonds. The molecule has 104 valence electrons. The van der Waals surface area contributed by atoms with E-state index in [4.69, 9.17) is 11.6 Å². The molecule has 1 aliphatic heterocycles. The highest BCUT2D eigenvalue weighted by Crippen LogP contribution is 2.21. The number of hydrogen-bond donors (Lipinski definition) is 2. The molecule has 19 heavy (non-hydrogen) atoms. The Kier molecular flexibility index (Phi) is 5.16. The molecule has 4 nitrogen and oxygen atoms in total. The maximum Gasteiger partial charge on any atom is 0.224 e. The summed E-state index contributed by atoms with van der Waals surface area (Å²) in [5, 5.41) is 6.54. The second-order valence-electron chi connectivity index (χ2n) is 5.15. The normalized spacial score (nSPS) is 19.2. The summed E-state index contributed by atoms with van der Waals surface area (Å²) >= 11 is 5.95. The first-order valence-corrected chi connectivity index (χ1v) is 7.15. The Labute approximate surface area is 118 Å². The molecule has 0 aliphatic carbocycles. The van der Waals surface area contributed by atoms with Gasteiger partial charge in [-0.05, 0) is 56.8 Å². The molecule has 2 N–H and O–H groups in total. The molecular weight excluding hydrogens is 262 g/mol. The molecule has 1 fully saturated rings. The number of amides is 1. The van der Waals surface area contributed by atoms with E-state index in [1.54, 1.807) is 6.20 Å². The predicted octanol–water partition coefficient (Wildman–Crippen LogP) is 2.76. The summed E-state index contributed by atoms with van der Waals surface area (Å²) in [4.78, 5) is 15.9. The van der Waals surface area contributed by atoms with Crippen molar-refractivity contribution in [1.82, 2.24) is 10.3 Å². The van der Waals surface area contributed by atoms with Crippen molar-refractivity contribution < 1.29 is 4.79 Å². The Balaban J connectivity index is 1.81. The van der Waals surface area contributed by atoms with Gasteiger partial charge < -0.3 is 10.6 Å². The highest BCUT2D eigenvalue weighted by Gasteiger charge is 2.15. The van der Waals surface area contributed by atoms with Gasteiger partial charge in [0, 0.05) is 12.6 Å². The standard InChI is InChI=1S/C14H20ClN3O/c1-10-7-12(14(15)17-8-10)18-13(19)5-4-11-3-2-6-16-9-11/h7-8,11,16H,2-6,9H2,1H3,(H,18,19). The quantitative estimate of drug-likeness (QED) is 0.835. The number of nitrogens with zero attached hydrogens (tertiary/aromatic N) is 1. The van der Waals surface area contributed by atoms with E-state index < -0.39 is 0 Å². The number of pyridine rings is 1. The lowest BCUT2D eigenvalue weighted by Crippen LogP contribution is -2.30. The summed E-state index contributed by atoms with van der Waals surface area (Å²) in [5.41, 5.74) is 1.59. The van der Waals surface area contributed by atoms with Gasteiger partial charge in [-0.15, -0.1) is 0 Å². The van der Waals surface area contributed by atoms with E-state index in [1.807, 2.05) is 13.0 Å². The van der Waals surface area contributed by atoms with Gasteiger partial charge in [-0.25, -0.2) is 4.98 Å². The Hall–Kier alpha value is -1.13. The van der Waals surface area contributed by atoms with Crippen molar-refractivity contribution in [1.29, 1.82) is 0 Å². The van der Waals surface area contributed by atoms with Gasteiger partial charge in [0.25, 0.3) is 0 Å². The van der Waals surface area contributed by atoms with Crippen LogP contribution in [-0.4, -0.2) is 24.0 Å². The van der Waals surface area contributed by atoms with Crippen molar-refractivity contribution in [2.45, 2.75) is 32.6 Å². The van der Waals surface area contributed by atoms with Crippen LogP contribution in [0.3, 0.4) is 0 Å². The van der Waals surface area contributed by atoms with Crippen LogP contribution in [0.15, 0.2) is 12.3 Å². The number of nitrogens with one attached hydrogen (secondary N) is 2. The zero-order valence-corrected chi connectivity index (χ0v) is 12.0. The zero-order valence-electron chi connectivity index (χ0n) is 11.2. The summed E-state index contributed by atoms with van der Waals surface area (Å²) in [6, 6.07) is 1.84. The molecule has 0 radical (unpaired) electrons. The van der Waals surface area contributed by atoms with E-state index >= 15 is 0 Å². The summed E-state index contributed by atoms with van der Waals surface area (Å²) in [5.74, 6) is 0.630. The van der Waals surface area contributed by atoms with E-state index in [0.717, 1.165) is 25.1 Å². The minimum Gasteiger partial charge on any atom is -0.323 e. The van der Waals surface area contributed by atoms with E-state index in [9.17, 15) is 4.79 Å². The molecule has 0 spiro atoms. The number of halogens is 1. The van der Waals surface area contributed by atoms with Crippen LogP contribution in [0.25, 0.3) is 0 Å². The van der Waals surface area contributed by atoms with Gasteiger partial charge in [0.05, 0.1) is 5.69 Å². The second-order valence-corrected chi connectivity index (χ2v) is 5.51. The van der Waals surface area contributed by atoms with E-state index in [0.29, 0.717) is 23.2 Å². The molecular formula is C14H20ClN3O. The second kappa shape index (κ2) is 6.87. The monoisotopic (exact) mass is 281 g/mol. The first-order chi connectivity index (χ1) is 9.15. The predicted molar refractivity (Wildman–Crippen MR) is 77.4 cm³/mol.